The van der Waals surface area contributed by atoms with E-state index in [0.717, 1.165) is 6.42 Å². The van der Waals surface area contributed by atoms with E-state index in [-0.39, 0.29) is 18.7 Å². The summed E-state index contributed by atoms with van der Waals surface area (Å²) in [4.78, 5) is 11.5. The zero-order chi connectivity index (χ0) is 12.4. The number of urea groups is 1. The second kappa shape index (κ2) is 9.42. The molecule has 5 heteroatoms. The van der Waals surface area contributed by atoms with Crippen LogP contribution in [-0.2, 0) is 4.74 Å². The number of ether oxygens (including phenoxy) is 1. The van der Waals surface area contributed by atoms with Crippen LogP contribution in [0, 0.1) is 5.92 Å². The molecule has 0 aliphatic carbocycles. The third-order valence-electron chi connectivity index (χ3n) is 2.37. The number of amides is 2. The van der Waals surface area contributed by atoms with E-state index in [4.69, 9.17) is 9.84 Å². The van der Waals surface area contributed by atoms with Gasteiger partial charge in [0, 0.05) is 32.9 Å². The van der Waals surface area contributed by atoms with Gasteiger partial charge in [-0.1, -0.05) is 13.8 Å². The molecule has 96 valence electrons. The molecule has 0 aromatic rings. The van der Waals surface area contributed by atoms with E-state index in [0.29, 0.717) is 25.5 Å². The molecule has 0 heterocycles. The van der Waals surface area contributed by atoms with Gasteiger partial charge in [-0.3, -0.25) is 0 Å². The van der Waals surface area contributed by atoms with Gasteiger partial charge in [-0.05, 0) is 18.8 Å². The predicted octanol–water partition coefficient (Wildman–Crippen LogP) is 0.729. The third-order valence-corrected chi connectivity index (χ3v) is 2.37. The molecule has 0 aromatic carbocycles. The Morgan fingerprint density at radius 2 is 2.12 bits per heavy atom. The minimum Gasteiger partial charge on any atom is -0.396 e. The normalized spacial score (nSPS) is 12.6. The SMILES string of the molecule is COCCCNC(=O)NC(CCO)C(C)C. The second-order valence-corrected chi connectivity index (χ2v) is 4.11. The molecule has 1 unspecified atom stereocenters. The molecule has 0 aliphatic rings. The minimum absolute atomic E-state index is 0.0208. The number of rotatable bonds is 8. The minimum atomic E-state index is -0.178. The third kappa shape index (κ3) is 7.48. The van der Waals surface area contributed by atoms with Gasteiger partial charge in [0.1, 0.15) is 0 Å². The van der Waals surface area contributed by atoms with Crippen molar-refractivity contribution in [1.29, 1.82) is 0 Å². The van der Waals surface area contributed by atoms with Gasteiger partial charge < -0.3 is 20.5 Å². The fourth-order valence-electron chi connectivity index (χ4n) is 1.35. The summed E-state index contributed by atoms with van der Waals surface area (Å²) in [6, 6.07) is -0.157. The van der Waals surface area contributed by atoms with E-state index in [2.05, 4.69) is 10.6 Å². The van der Waals surface area contributed by atoms with Crippen LogP contribution in [0.15, 0.2) is 0 Å². The first-order chi connectivity index (χ1) is 7.61. The van der Waals surface area contributed by atoms with Crippen LogP contribution in [0.5, 0.6) is 0 Å². The molecule has 3 N–H and O–H groups in total. The summed E-state index contributed by atoms with van der Waals surface area (Å²) < 4.78 is 4.88. The first-order valence-corrected chi connectivity index (χ1v) is 5.76. The fraction of sp³-hybridized carbons (Fsp3) is 0.909. The molecule has 0 aliphatic heterocycles. The van der Waals surface area contributed by atoms with Crippen LogP contribution in [0.25, 0.3) is 0 Å². The lowest BCUT2D eigenvalue weighted by molar-refractivity contribution is 0.192. The van der Waals surface area contributed by atoms with Gasteiger partial charge in [0.2, 0.25) is 0 Å². The molecule has 0 rings (SSSR count). The van der Waals surface area contributed by atoms with Crippen LogP contribution in [-0.4, -0.2) is 44.0 Å². The Bertz CT molecular complexity index is 186. The summed E-state index contributed by atoms with van der Waals surface area (Å²) in [7, 11) is 1.64. The van der Waals surface area contributed by atoms with Crippen LogP contribution in [0.3, 0.4) is 0 Å². The molecule has 0 saturated carbocycles. The van der Waals surface area contributed by atoms with Crippen molar-refractivity contribution in [1.82, 2.24) is 10.6 Å². The number of carbonyl (C=O) groups is 1. The lowest BCUT2D eigenvalue weighted by Gasteiger charge is -2.21. The Morgan fingerprint density at radius 1 is 1.44 bits per heavy atom. The van der Waals surface area contributed by atoms with Crippen molar-refractivity contribution in [2.24, 2.45) is 5.92 Å². The van der Waals surface area contributed by atoms with Gasteiger partial charge >= 0.3 is 6.03 Å². The second-order valence-electron chi connectivity index (χ2n) is 4.11. The molecule has 0 saturated heterocycles. The first-order valence-electron chi connectivity index (χ1n) is 5.76. The van der Waals surface area contributed by atoms with Gasteiger partial charge in [-0.2, -0.15) is 0 Å². The Labute approximate surface area is 97.6 Å². The lowest BCUT2D eigenvalue weighted by atomic mass is 10.0. The number of hydrogen-bond donors (Lipinski definition) is 3. The Balaban J connectivity index is 3.73. The maximum atomic E-state index is 11.5. The monoisotopic (exact) mass is 232 g/mol. The van der Waals surface area contributed by atoms with Crippen LogP contribution in [0.2, 0.25) is 0 Å². The largest absolute Gasteiger partial charge is 0.396 e. The molecule has 16 heavy (non-hydrogen) atoms. The maximum Gasteiger partial charge on any atom is 0.315 e. The molecule has 2 amide bonds. The van der Waals surface area contributed by atoms with Crippen LogP contribution in [0.4, 0.5) is 4.79 Å². The summed E-state index contributed by atoms with van der Waals surface area (Å²) in [6.45, 7) is 5.37. The van der Waals surface area contributed by atoms with Crippen molar-refractivity contribution in [2.45, 2.75) is 32.7 Å². The molecule has 1 atom stereocenters. The highest BCUT2D eigenvalue weighted by Gasteiger charge is 2.14. The summed E-state index contributed by atoms with van der Waals surface area (Å²) in [5.74, 6) is 0.317. The quantitative estimate of drug-likeness (QED) is 0.540. The van der Waals surface area contributed by atoms with E-state index >= 15 is 0 Å². The summed E-state index contributed by atoms with van der Waals surface area (Å²) >= 11 is 0. The van der Waals surface area contributed by atoms with Crippen molar-refractivity contribution in [3.8, 4) is 0 Å². The van der Waals surface area contributed by atoms with Crippen molar-refractivity contribution in [3.05, 3.63) is 0 Å². The highest BCUT2D eigenvalue weighted by Crippen LogP contribution is 2.04. The number of methoxy groups -OCH3 is 1. The van der Waals surface area contributed by atoms with E-state index in [1.807, 2.05) is 13.8 Å². The van der Waals surface area contributed by atoms with E-state index < -0.39 is 0 Å². The molecule has 0 bridgehead atoms. The zero-order valence-electron chi connectivity index (χ0n) is 10.5. The standard InChI is InChI=1S/C11H24N2O3/c1-9(2)10(5-7-14)13-11(15)12-6-4-8-16-3/h9-10,14H,4-8H2,1-3H3,(H2,12,13,15). The number of hydrogen-bond acceptors (Lipinski definition) is 3. The van der Waals surface area contributed by atoms with E-state index in [9.17, 15) is 4.79 Å². The molecule has 0 aromatic heterocycles. The van der Waals surface area contributed by atoms with E-state index in [1.165, 1.54) is 0 Å². The Kier molecular flexibility index (Phi) is 8.94. The van der Waals surface area contributed by atoms with Gasteiger partial charge in [0.15, 0.2) is 0 Å². The molecule has 0 spiro atoms. The molecular formula is C11H24N2O3. The summed E-state index contributed by atoms with van der Waals surface area (Å²) in [5, 5.41) is 14.4. The molecule has 0 radical (unpaired) electrons. The Hall–Kier alpha value is -0.810. The van der Waals surface area contributed by atoms with Gasteiger partial charge in [-0.15, -0.1) is 0 Å². The average molecular weight is 232 g/mol. The van der Waals surface area contributed by atoms with E-state index in [1.54, 1.807) is 7.11 Å². The van der Waals surface area contributed by atoms with Gasteiger partial charge in [-0.25, -0.2) is 4.79 Å². The summed E-state index contributed by atoms with van der Waals surface area (Å²) in [6.07, 6.45) is 1.39. The highest BCUT2D eigenvalue weighted by atomic mass is 16.5. The highest BCUT2D eigenvalue weighted by molar-refractivity contribution is 5.74. The van der Waals surface area contributed by atoms with Crippen LogP contribution >= 0.6 is 0 Å². The number of carbonyl (C=O) groups excluding carboxylic acids is 1. The topological polar surface area (TPSA) is 70.6 Å². The maximum absolute atomic E-state index is 11.5. The molecule has 5 nitrogen and oxygen atoms in total. The van der Waals surface area contributed by atoms with Gasteiger partial charge in [0.05, 0.1) is 0 Å². The smallest absolute Gasteiger partial charge is 0.315 e. The zero-order valence-corrected chi connectivity index (χ0v) is 10.5. The predicted molar refractivity (Wildman–Crippen MR) is 63.4 cm³/mol. The lowest BCUT2D eigenvalue weighted by Crippen LogP contribution is -2.45. The number of nitrogens with one attached hydrogen (secondary N) is 2. The first kappa shape index (κ1) is 15.2. The van der Waals surface area contributed by atoms with Crippen LogP contribution < -0.4 is 10.6 Å². The number of aliphatic hydroxyl groups is 1. The van der Waals surface area contributed by atoms with Crippen molar-refractivity contribution < 1.29 is 14.6 Å². The molecular weight excluding hydrogens is 208 g/mol. The average Bonchev–Trinajstić information content (AvgIpc) is 2.23. The van der Waals surface area contributed by atoms with Gasteiger partial charge in [0.25, 0.3) is 0 Å². The Morgan fingerprint density at radius 3 is 2.62 bits per heavy atom. The number of aliphatic hydroxyl groups excluding tert-OH is 1. The van der Waals surface area contributed by atoms with Crippen molar-refractivity contribution >= 4 is 6.03 Å². The van der Waals surface area contributed by atoms with Crippen LogP contribution in [0.1, 0.15) is 26.7 Å². The summed E-state index contributed by atoms with van der Waals surface area (Å²) in [5.41, 5.74) is 0. The van der Waals surface area contributed by atoms with Crippen molar-refractivity contribution in [2.75, 3.05) is 26.9 Å². The fourth-order valence-corrected chi connectivity index (χ4v) is 1.35. The van der Waals surface area contributed by atoms with Crippen molar-refractivity contribution in [3.63, 3.8) is 0 Å². The molecule has 0 fully saturated rings.